The number of fused-ring (bicyclic) bond motifs is 2. The van der Waals surface area contributed by atoms with Crippen molar-refractivity contribution in [2.24, 2.45) is 0 Å². The van der Waals surface area contributed by atoms with Gasteiger partial charge in [-0.25, -0.2) is 0 Å². The van der Waals surface area contributed by atoms with Crippen molar-refractivity contribution in [3.05, 3.63) is 58.6 Å². The first kappa shape index (κ1) is 11.6. The Bertz CT molecular complexity index is 577. The minimum atomic E-state index is 0.824. The van der Waals surface area contributed by atoms with Gasteiger partial charge in [-0.15, -0.1) is 0 Å². The van der Waals surface area contributed by atoms with Crippen LogP contribution in [0.3, 0.4) is 0 Å². The van der Waals surface area contributed by atoms with Gasteiger partial charge in [0.25, 0.3) is 0 Å². The van der Waals surface area contributed by atoms with Crippen LogP contribution in [0, 0.1) is 0 Å². The second-order valence-electron chi connectivity index (χ2n) is 4.73. The minimum absolute atomic E-state index is 0.824. The summed E-state index contributed by atoms with van der Waals surface area (Å²) in [4.78, 5) is 2.41. The molecule has 0 aromatic heterocycles. The number of halogens is 1. The van der Waals surface area contributed by atoms with Gasteiger partial charge in [-0.2, -0.15) is 0 Å². The summed E-state index contributed by atoms with van der Waals surface area (Å²) in [6.45, 7) is 3.26. The second-order valence-corrected chi connectivity index (χ2v) is 5.17. The van der Waals surface area contributed by atoms with Gasteiger partial charge >= 0.3 is 0 Å². The lowest BCUT2D eigenvalue weighted by molar-refractivity contribution is 0.862. The monoisotopic (exact) mass is 257 g/mol. The Morgan fingerprint density at radius 3 is 2.67 bits per heavy atom. The number of hydrogen-bond donors (Lipinski definition) is 0. The maximum absolute atomic E-state index is 6.11. The van der Waals surface area contributed by atoms with Gasteiger partial charge in [0.15, 0.2) is 0 Å². The Balaban J connectivity index is 2.14. The van der Waals surface area contributed by atoms with Gasteiger partial charge in [-0.3, -0.25) is 0 Å². The van der Waals surface area contributed by atoms with E-state index in [-0.39, 0.29) is 0 Å². The summed E-state index contributed by atoms with van der Waals surface area (Å²) < 4.78 is 0. The average Bonchev–Trinajstić information content (AvgIpc) is 2.38. The first-order chi connectivity index (χ1) is 8.79. The van der Waals surface area contributed by atoms with Crippen molar-refractivity contribution in [3.8, 4) is 0 Å². The first-order valence-electron chi connectivity index (χ1n) is 6.43. The molecule has 18 heavy (non-hydrogen) atoms. The molecule has 0 bridgehead atoms. The molecular formula is C16H16ClN. The van der Waals surface area contributed by atoms with Crippen LogP contribution >= 0.6 is 11.6 Å². The molecule has 1 nitrogen and oxygen atoms in total. The van der Waals surface area contributed by atoms with Crippen LogP contribution in [0.25, 0.3) is 0 Å². The molecule has 1 aliphatic heterocycles. The molecule has 0 aliphatic carbocycles. The molecule has 0 fully saturated rings. The third-order valence-electron chi connectivity index (χ3n) is 3.44. The van der Waals surface area contributed by atoms with Gasteiger partial charge in [-0.05, 0) is 41.8 Å². The number of anilines is 2. The molecule has 2 aromatic rings. The van der Waals surface area contributed by atoms with Crippen molar-refractivity contribution in [1.29, 1.82) is 0 Å². The van der Waals surface area contributed by atoms with Crippen LogP contribution in [0.15, 0.2) is 42.5 Å². The third kappa shape index (κ3) is 1.89. The molecule has 0 N–H and O–H groups in total. The zero-order valence-corrected chi connectivity index (χ0v) is 11.2. The van der Waals surface area contributed by atoms with Crippen LogP contribution in [0.2, 0.25) is 5.02 Å². The van der Waals surface area contributed by atoms with Crippen LogP contribution in [0.4, 0.5) is 11.4 Å². The summed E-state index contributed by atoms with van der Waals surface area (Å²) in [5.74, 6) is 0. The molecule has 92 valence electrons. The fraction of sp³-hybridized carbons (Fsp3) is 0.250. The summed E-state index contributed by atoms with van der Waals surface area (Å²) in [5.41, 5.74) is 5.37. The average molecular weight is 258 g/mol. The van der Waals surface area contributed by atoms with Gasteiger partial charge in [0.2, 0.25) is 0 Å². The predicted molar refractivity (Wildman–Crippen MR) is 78.0 cm³/mol. The van der Waals surface area contributed by atoms with E-state index in [1.54, 1.807) is 0 Å². The molecule has 1 heterocycles. The Kier molecular flexibility index (Phi) is 3.00. The predicted octanol–water partition coefficient (Wildman–Crippen LogP) is 4.79. The second kappa shape index (κ2) is 4.66. The fourth-order valence-electron chi connectivity index (χ4n) is 2.68. The number of para-hydroxylation sites is 1. The standard InChI is InChI=1S/C16H16ClN/c1-2-9-18-15-6-4-3-5-12(15)10-13-11-14(17)7-8-16(13)18/h3-8,11H,2,9-10H2,1H3. The highest BCUT2D eigenvalue weighted by Crippen LogP contribution is 2.39. The van der Waals surface area contributed by atoms with Gasteiger partial charge in [-0.1, -0.05) is 36.7 Å². The van der Waals surface area contributed by atoms with E-state index >= 15 is 0 Å². The molecular weight excluding hydrogens is 242 g/mol. The molecule has 0 unspecified atom stereocenters. The smallest absolute Gasteiger partial charge is 0.0447 e. The maximum atomic E-state index is 6.11. The summed E-state index contributed by atoms with van der Waals surface area (Å²) in [6.07, 6.45) is 2.11. The van der Waals surface area contributed by atoms with Crippen molar-refractivity contribution in [1.82, 2.24) is 0 Å². The zero-order chi connectivity index (χ0) is 12.5. The summed E-state index contributed by atoms with van der Waals surface area (Å²) in [7, 11) is 0. The Morgan fingerprint density at radius 1 is 1.06 bits per heavy atom. The van der Waals surface area contributed by atoms with Gasteiger partial charge in [0, 0.05) is 29.4 Å². The lowest BCUT2D eigenvalue weighted by Crippen LogP contribution is -2.24. The molecule has 3 rings (SSSR count). The summed E-state index contributed by atoms with van der Waals surface area (Å²) in [5, 5.41) is 0.824. The molecule has 0 spiro atoms. The van der Waals surface area contributed by atoms with Crippen LogP contribution in [0.1, 0.15) is 24.5 Å². The van der Waals surface area contributed by atoms with E-state index in [1.807, 2.05) is 6.07 Å². The highest BCUT2D eigenvalue weighted by Gasteiger charge is 2.21. The lowest BCUT2D eigenvalue weighted by Gasteiger charge is -2.33. The third-order valence-corrected chi connectivity index (χ3v) is 3.68. The highest BCUT2D eigenvalue weighted by molar-refractivity contribution is 6.30. The molecule has 2 heteroatoms. The normalized spacial score (nSPS) is 13.1. The first-order valence-corrected chi connectivity index (χ1v) is 6.81. The van der Waals surface area contributed by atoms with E-state index in [0.29, 0.717) is 0 Å². The largest absolute Gasteiger partial charge is 0.341 e. The van der Waals surface area contributed by atoms with Gasteiger partial charge in [0.1, 0.15) is 0 Å². The summed E-state index contributed by atoms with van der Waals surface area (Å²) in [6, 6.07) is 14.9. The topological polar surface area (TPSA) is 3.24 Å². The van der Waals surface area contributed by atoms with Crippen molar-refractivity contribution < 1.29 is 0 Å². The maximum Gasteiger partial charge on any atom is 0.0447 e. The molecule has 0 atom stereocenters. The summed E-state index contributed by atoms with van der Waals surface area (Å²) >= 11 is 6.11. The van der Waals surface area contributed by atoms with E-state index in [4.69, 9.17) is 11.6 Å². The van der Waals surface area contributed by atoms with Gasteiger partial charge in [0.05, 0.1) is 0 Å². The molecule has 0 amide bonds. The molecule has 1 aliphatic rings. The van der Waals surface area contributed by atoms with E-state index < -0.39 is 0 Å². The number of benzene rings is 2. The van der Waals surface area contributed by atoms with Crippen molar-refractivity contribution in [3.63, 3.8) is 0 Å². The van der Waals surface area contributed by atoms with Crippen molar-refractivity contribution in [2.45, 2.75) is 19.8 Å². The number of nitrogens with zero attached hydrogens (tertiary/aromatic N) is 1. The van der Waals surface area contributed by atoms with E-state index in [9.17, 15) is 0 Å². The number of hydrogen-bond acceptors (Lipinski definition) is 1. The minimum Gasteiger partial charge on any atom is -0.341 e. The molecule has 0 saturated carbocycles. The number of rotatable bonds is 2. The fourth-order valence-corrected chi connectivity index (χ4v) is 2.88. The van der Waals surface area contributed by atoms with E-state index in [0.717, 1.165) is 24.4 Å². The molecule has 2 aromatic carbocycles. The van der Waals surface area contributed by atoms with Crippen molar-refractivity contribution in [2.75, 3.05) is 11.4 Å². The Labute approximate surface area is 113 Å². The highest BCUT2D eigenvalue weighted by atomic mass is 35.5. The Morgan fingerprint density at radius 2 is 1.83 bits per heavy atom. The SMILES string of the molecule is CCCN1c2ccccc2Cc2cc(Cl)ccc21. The van der Waals surface area contributed by atoms with Crippen molar-refractivity contribution >= 4 is 23.0 Å². The van der Waals surface area contributed by atoms with E-state index in [2.05, 4.69) is 48.2 Å². The quantitative estimate of drug-likeness (QED) is 0.748. The Hall–Kier alpha value is -1.47. The van der Waals surface area contributed by atoms with Crippen LogP contribution < -0.4 is 4.90 Å². The zero-order valence-electron chi connectivity index (χ0n) is 10.5. The molecule has 0 saturated heterocycles. The van der Waals surface area contributed by atoms with E-state index in [1.165, 1.54) is 22.5 Å². The van der Waals surface area contributed by atoms with Gasteiger partial charge < -0.3 is 4.90 Å². The lowest BCUT2D eigenvalue weighted by atomic mass is 9.95. The molecule has 0 radical (unpaired) electrons. The van der Waals surface area contributed by atoms with Crippen LogP contribution in [0.5, 0.6) is 0 Å². The van der Waals surface area contributed by atoms with Crippen LogP contribution in [-0.2, 0) is 6.42 Å². The van der Waals surface area contributed by atoms with Crippen LogP contribution in [-0.4, -0.2) is 6.54 Å².